The summed E-state index contributed by atoms with van der Waals surface area (Å²) in [5.41, 5.74) is 6.51. The van der Waals surface area contributed by atoms with Gasteiger partial charge in [-0.05, 0) is 5.39 Å². The molecule has 3 rings (SSSR count). The molecule has 3 nitrogen and oxygen atoms in total. The molecule has 3 heteroatoms. The van der Waals surface area contributed by atoms with Gasteiger partial charge in [-0.2, -0.15) is 0 Å². The molecule has 0 fully saturated rings. The second-order valence-corrected chi connectivity index (χ2v) is 3.45. The summed E-state index contributed by atoms with van der Waals surface area (Å²) in [7, 11) is 0. The Labute approximate surface area is 86.6 Å². The summed E-state index contributed by atoms with van der Waals surface area (Å²) in [6.45, 7) is 0. The fourth-order valence-electron chi connectivity index (χ4n) is 1.78. The zero-order valence-corrected chi connectivity index (χ0v) is 8.01. The summed E-state index contributed by atoms with van der Waals surface area (Å²) in [5.74, 6) is 0.318. The van der Waals surface area contributed by atoms with Gasteiger partial charge in [-0.3, -0.25) is 0 Å². The normalized spacial score (nSPS) is 10.9. The summed E-state index contributed by atoms with van der Waals surface area (Å²) in [6.07, 6.45) is 1.75. The van der Waals surface area contributed by atoms with Gasteiger partial charge in [-0.1, -0.05) is 36.4 Å². The number of benzene rings is 2. The molecule has 0 radical (unpaired) electrons. The predicted octanol–water partition coefficient (Wildman–Crippen LogP) is 2.37. The summed E-state index contributed by atoms with van der Waals surface area (Å²) in [4.78, 5) is 8.25. The van der Waals surface area contributed by atoms with E-state index in [2.05, 4.69) is 22.1 Å². The Balaban J connectivity index is 2.57. The zero-order chi connectivity index (χ0) is 10.3. The lowest BCUT2D eigenvalue weighted by Gasteiger charge is -2.02. The van der Waals surface area contributed by atoms with Crippen LogP contribution in [0.1, 0.15) is 0 Å². The third-order valence-corrected chi connectivity index (χ3v) is 2.49. The molecule has 72 valence electrons. The average molecular weight is 195 g/mol. The molecule has 0 spiro atoms. The molecule has 0 aliphatic rings. The third kappa shape index (κ3) is 1.21. The lowest BCUT2D eigenvalue weighted by Crippen LogP contribution is -1.94. The van der Waals surface area contributed by atoms with E-state index < -0.39 is 0 Å². The van der Waals surface area contributed by atoms with E-state index >= 15 is 0 Å². The summed E-state index contributed by atoms with van der Waals surface area (Å²) in [5, 5.41) is 3.30. The Morgan fingerprint density at radius 3 is 2.67 bits per heavy atom. The first-order valence-electron chi connectivity index (χ1n) is 4.74. The Morgan fingerprint density at radius 1 is 0.933 bits per heavy atom. The van der Waals surface area contributed by atoms with Gasteiger partial charge in [0.1, 0.15) is 0 Å². The molecule has 0 bridgehead atoms. The Bertz CT molecular complexity index is 646. The van der Waals surface area contributed by atoms with Gasteiger partial charge in [0, 0.05) is 17.0 Å². The first-order chi connectivity index (χ1) is 7.34. The van der Waals surface area contributed by atoms with Crippen molar-refractivity contribution in [1.82, 2.24) is 9.97 Å². The molecule has 0 atom stereocenters. The fourth-order valence-corrected chi connectivity index (χ4v) is 1.78. The van der Waals surface area contributed by atoms with Crippen LogP contribution in [0.3, 0.4) is 0 Å². The van der Waals surface area contributed by atoms with Crippen LogP contribution in [0.15, 0.2) is 42.6 Å². The smallest absolute Gasteiger partial charge is 0.220 e. The highest BCUT2D eigenvalue weighted by atomic mass is 15.0. The van der Waals surface area contributed by atoms with Gasteiger partial charge in [0.05, 0.1) is 5.52 Å². The van der Waals surface area contributed by atoms with Gasteiger partial charge in [-0.15, -0.1) is 0 Å². The van der Waals surface area contributed by atoms with E-state index in [0.717, 1.165) is 16.3 Å². The number of hydrogen-bond donors (Lipinski definition) is 1. The van der Waals surface area contributed by atoms with E-state index in [1.807, 2.05) is 24.3 Å². The quantitative estimate of drug-likeness (QED) is 0.560. The minimum Gasteiger partial charge on any atom is -0.368 e. The molecule has 2 N–H and O–H groups in total. The minimum absolute atomic E-state index is 0.318. The van der Waals surface area contributed by atoms with E-state index in [9.17, 15) is 0 Å². The van der Waals surface area contributed by atoms with E-state index in [1.165, 1.54) is 5.39 Å². The van der Waals surface area contributed by atoms with Crippen molar-refractivity contribution in [3.05, 3.63) is 42.6 Å². The number of nitrogens with two attached hydrogens (primary N) is 1. The topological polar surface area (TPSA) is 51.8 Å². The maximum atomic E-state index is 5.59. The number of fused-ring (bicyclic) bond motifs is 3. The molecular formula is C12H9N3. The van der Waals surface area contributed by atoms with Crippen molar-refractivity contribution in [2.75, 3.05) is 5.73 Å². The number of hydrogen-bond acceptors (Lipinski definition) is 3. The second-order valence-electron chi connectivity index (χ2n) is 3.45. The molecule has 0 amide bonds. The summed E-state index contributed by atoms with van der Waals surface area (Å²) in [6, 6.07) is 12.2. The molecule has 15 heavy (non-hydrogen) atoms. The highest BCUT2D eigenvalue weighted by Crippen LogP contribution is 2.23. The van der Waals surface area contributed by atoms with Crippen molar-refractivity contribution in [3.63, 3.8) is 0 Å². The molecule has 0 saturated carbocycles. The lowest BCUT2D eigenvalue weighted by atomic mass is 10.1. The Morgan fingerprint density at radius 2 is 1.73 bits per heavy atom. The van der Waals surface area contributed by atoms with Crippen molar-refractivity contribution < 1.29 is 0 Å². The van der Waals surface area contributed by atoms with Crippen LogP contribution in [-0.2, 0) is 0 Å². The lowest BCUT2D eigenvalue weighted by molar-refractivity contribution is 1.24. The van der Waals surface area contributed by atoms with Crippen LogP contribution in [0.25, 0.3) is 21.7 Å². The molecule has 0 unspecified atom stereocenters. The van der Waals surface area contributed by atoms with Gasteiger partial charge in [0.15, 0.2) is 0 Å². The molecule has 0 aliphatic carbocycles. The van der Waals surface area contributed by atoms with Crippen molar-refractivity contribution >= 4 is 27.6 Å². The van der Waals surface area contributed by atoms with Crippen LogP contribution in [0, 0.1) is 0 Å². The molecule has 1 aromatic heterocycles. The van der Waals surface area contributed by atoms with Gasteiger partial charge in [0.2, 0.25) is 5.95 Å². The molecule has 3 aromatic rings. The number of anilines is 1. The molecule has 0 aliphatic heterocycles. The maximum absolute atomic E-state index is 5.59. The first-order valence-corrected chi connectivity index (χ1v) is 4.74. The number of nitrogen functional groups attached to an aromatic ring is 1. The fraction of sp³-hybridized carbons (Fsp3) is 0. The third-order valence-electron chi connectivity index (χ3n) is 2.49. The van der Waals surface area contributed by atoms with Crippen molar-refractivity contribution in [2.45, 2.75) is 0 Å². The summed E-state index contributed by atoms with van der Waals surface area (Å²) >= 11 is 0. The van der Waals surface area contributed by atoms with Gasteiger partial charge >= 0.3 is 0 Å². The first kappa shape index (κ1) is 8.17. The largest absolute Gasteiger partial charge is 0.368 e. The van der Waals surface area contributed by atoms with Crippen LogP contribution in [0.5, 0.6) is 0 Å². The van der Waals surface area contributed by atoms with Crippen molar-refractivity contribution in [2.24, 2.45) is 0 Å². The second kappa shape index (κ2) is 2.92. The van der Waals surface area contributed by atoms with Crippen LogP contribution in [0.4, 0.5) is 5.95 Å². The van der Waals surface area contributed by atoms with Crippen LogP contribution in [0.2, 0.25) is 0 Å². The summed E-state index contributed by atoms with van der Waals surface area (Å²) < 4.78 is 0. The van der Waals surface area contributed by atoms with Crippen molar-refractivity contribution in [3.8, 4) is 0 Å². The van der Waals surface area contributed by atoms with Gasteiger partial charge in [-0.25, -0.2) is 9.97 Å². The number of aromatic nitrogens is 2. The molecule has 1 heterocycles. The van der Waals surface area contributed by atoms with E-state index in [0.29, 0.717) is 5.95 Å². The predicted molar refractivity (Wildman–Crippen MR) is 61.5 cm³/mol. The Kier molecular flexibility index (Phi) is 1.59. The van der Waals surface area contributed by atoms with E-state index in [4.69, 9.17) is 5.73 Å². The number of rotatable bonds is 0. The highest BCUT2D eigenvalue weighted by Gasteiger charge is 2.01. The number of nitrogens with zero attached hydrogens (tertiary/aromatic N) is 2. The minimum atomic E-state index is 0.318. The van der Waals surface area contributed by atoms with E-state index in [1.54, 1.807) is 6.20 Å². The molecule has 2 aromatic carbocycles. The average Bonchev–Trinajstić information content (AvgIpc) is 2.29. The van der Waals surface area contributed by atoms with Crippen LogP contribution < -0.4 is 5.73 Å². The Hall–Kier alpha value is -2.16. The standard InChI is InChI=1S/C12H9N3/c13-12-14-7-9-6-5-8-3-1-2-4-10(8)11(9)15-12/h1-7H,(H2,13,14,15). The molecule has 0 saturated heterocycles. The maximum Gasteiger partial charge on any atom is 0.220 e. The van der Waals surface area contributed by atoms with Gasteiger partial charge < -0.3 is 5.73 Å². The van der Waals surface area contributed by atoms with Crippen molar-refractivity contribution in [1.29, 1.82) is 0 Å². The van der Waals surface area contributed by atoms with Crippen LogP contribution in [-0.4, -0.2) is 9.97 Å². The zero-order valence-electron chi connectivity index (χ0n) is 8.01. The van der Waals surface area contributed by atoms with E-state index in [-0.39, 0.29) is 0 Å². The molecular weight excluding hydrogens is 186 g/mol. The SMILES string of the molecule is Nc1ncc2ccc3ccccc3c2n1. The van der Waals surface area contributed by atoms with Gasteiger partial charge in [0.25, 0.3) is 0 Å². The van der Waals surface area contributed by atoms with Crippen LogP contribution >= 0.6 is 0 Å². The highest BCUT2D eigenvalue weighted by molar-refractivity contribution is 6.05. The monoisotopic (exact) mass is 195 g/mol.